The second-order valence-electron chi connectivity index (χ2n) is 6.35. The molecular formula is C17H21FN2O4. The predicted octanol–water partition coefficient (Wildman–Crippen LogP) is 0.945. The quantitative estimate of drug-likeness (QED) is 0.868. The van der Waals surface area contributed by atoms with Gasteiger partial charge in [-0.3, -0.25) is 9.59 Å². The summed E-state index contributed by atoms with van der Waals surface area (Å²) in [4.78, 5) is 26.0. The van der Waals surface area contributed by atoms with Crippen LogP contribution in [0, 0.1) is 17.2 Å². The number of carbonyl (C=O) groups is 2. The number of fused-ring (bicyclic) bond motifs is 1. The van der Waals surface area contributed by atoms with Gasteiger partial charge in [-0.15, -0.1) is 0 Å². The molecule has 3 rings (SSSR count). The lowest BCUT2D eigenvalue weighted by Crippen LogP contribution is -2.48. The van der Waals surface area contributed by atoms with Gasteiger partial charge in [-0.25, -0.2) is 4.39 Å². The third-order valence-corrected chi connectivity index (χ3v) is 4.96. The van der Waals surface area contributed by atoms with Crippen LogP contribution in [0.15, 0.2) is 24.3 Å². The molecule has 2 atom stereocenters. The van der Waals surface area contributed by atoms with E-state index in [0.717, 1.165) is 0 Å². The van der Waals surface area contributed by atoms with Gasteiger partial charge in [0, 0.05) is 25.6 Å². The summed E-state index contributed by atoms with van der Waals surface area (Å²) in [6, 6.07) is 6.06. The van der Waals surface area contributed by atoms with Crippen molar-refractivity contribution in [2.24, 2.45) is 17.1 Å². The van der Waals surface area contributed by atoms with Crippen LogP contribution in [0.2, 0.25) is 0 Å². The third-order valence-electron chi connectivity index (χ3n) is 4.96. The van der Waals surface area contributed by atoms with Gasteiger partial charge in [-0.2, -0.15) is 0 Å². The van der Waals surface area contributed by atoms with Crippen molar-refractivity contribution in [3.8, 4) is 5.75 Å². The number of amides is 2. The average molecular weight is 336 g/mol. The van der Waals surface area contributed by atoms with Crippen molar-refractivity contribution in [1.29, 1.82) is 0 Å². The second-order valence-corrected chi connectivity index (χ2v) is 6.35. The highest BCUT2D eigenvalue weighted by Gasteiger charge is 2.53. The summed E-state index contributed by atoms with van der Waals surface area (Å²) in [6.07, 6.45) is 0.666. The van der Waals surface area contributed by atoms with Crippen molar-refractivity contribution in [3.05, 3.63) is 30.1 Å². The molecule has 0 aliphatic carbocycles. The van der Waals surface area contributed by atoms with E-state index in [1.807, 2.05) is 0 Å². The number of ether oxygens (including phenoxy) is 2. The maximum atomic E-state index is 13.5. The van der Waals surface area contributed by atoms with E-state index in [0.29, 0.717) is 32.7 Å². The van der Waals surface area contributed by atoms with Crippen LogP contribution in [0.4, 0.5) is 4.39 Å². The number of halogens is 1. The number of primary amides is 1. The van der Waals surface area contributed by atoms with E-state index in [-0.39, 0.29) is 36.5 Å². The molecule has 0 aromatic heterocycles. The molecule has 0 saturated carbocycles. The maximum absolute atomic E-state index is 13.5. The molecule has 130 valence electrons. The minimum atomic E-state index is -0.680. The van der Waals surface area contributed by atoms with Crippen LogP contribution in [0.25, 0.3) is 0 Å². The highest BCUT2D eigenvalue weighted by Crippen LogP contribution is 2.42. The molecule has 1 aromatic carbocycles. The molecule has 2 N–H and O–H groups in total. The van der Waals surface area contributed by atoms with Crippen molar-refractivity contribution in [2.45, 2.75) is 12.8 Å². The van der Waals surface area contributed by atoms with E-state index in [4.69, 9.17) is 15.2 Å². The topological polar surface area (TPSA) is 81.9 Å². The first-order valence-electron chi connectivity index (χ1n) is 8.06. The van der Waals surface area contributed by atoms with Crippen molar-refractivity contribution >= 4 is 11.8 Å². The summed E-state index contributed by atoms with van der Waals surface area (Å²) in [6.45, 7) is 1.80. The van der Waals surface area contributed by atoms with Gasteiger partial charge >= 0.3 is 0 Å². The van der Waals surface area contributed by atoms with Gasteiger partial charge in [0.05, 0.1) is 25.0 Å². The van der Waals surface area contributed by atoms with Crippen LogP contribution in [-0.4, -0.2) is 49.6 Å². The molecule has 0 radical (unpaired) electrons. The van der Waals surface area contributed by atoms with Crippen molar-refractivity contribution in [1.82, 2.24) is 4.90 Å². The SMILES string of the molecule is NC(=O)[C@]12CCOC[C@H]1CN(C(=O)CCOc1ccccc1F)C2. The summed E-state index contributed by atoms with van der Waals surface area (Å²) in [7, 11) is 0. The van der Waals surface area contributed by atoms with Gasteiger partial charge in [0.25, 0.3) is 0 Å². The minimum Gasteiger partial charge on any atom is -0.490 e. The van der Waals surface area contributed by atoms with Gasteiger partial charge in [0.2, 0.25) is 11.8 Å². The average Bonchev–Trinajstić information content (AvgIpc) is 2.98. The van der Waals surface area contributed by atoms with Gasteiger partial charge < -0.3 is 20.1 Å². The molecule has 1 aromatic rings. The zero-order chi connectivity index (χ0) is 17.2. The number of benzene rings is 1. The Morgan fingerprint density at radius 2 is 2.21 bits per heavy atom. The largest absolute Gasteiger partial charge is 0.490 e. The number of carbonyl (C=O) groups excluding carboxylic acids is 2. The first kappa shape index (κ1) is 16.7. The normalized spacial score (nSPS) is 26.0. The fraction of sp³-hybridized carbons (Fsp3) is 0.529. The summed E-state index contributed by atoms with van der Waals surface area (Å²) in [5.74, 6) is -0.875. The van der Waals surface area contributed by atoms with Crippen LogP contribution in [0.5, 0.6) is 5.75 Å². The molecular weight excluding hydrogens is 315 g/mol. The van der Waals surface area contributed by atoms with E-state index in [2.05, 4.69) is 0 Å². The number of hydrogen-bond donors (Lipinski definition) is 1. The molecule has 2 amide bonds. The van der Waals surface area contributed by atoms with Gasteiger partial charge in [-0.05, 0) is 18.6 Å². The Labute approximate surface area is 139 Å². The molecule has 0 unspecified atom stereocenters. The number of nitrogens with zero attached hydrogens (tertiary/aromatic N) is 1. The standard InChI is InChI=1S/C17H21FN2O4/c18-13-3-1-2-4-14(13)24-7-5-15(21)20-9-12-10-23-8-6-17(12,11-20)16(19)22/h1-4,12H,5-11H2,(H2,19,22)/t12-,17+/m1/s1. The highest BCUT2D eigenvalue weighted by atomic mass is 19.1. The Kier molecular flexibility index (Phi) is 4.71. The lowest BCUT2D eigenvalue weighted by molar-refractivity contribution is -0.136. The van der Waals surface area contributed by atoms with E-state index in [9.17, 15) is 14.0 Å². The molecule has 2 aliphatic rings. The molecule has 2 heterocycles. The number of para-hydroxylation sites is 1. The van der Waals surface area contributed by atoms with Crippen molar-refractivity contribution in [2.75, 3.05) is 32.9 Å². The number of rotatable bonds is 5. The predicted molar refractivity (Wildman–Crippen MR) is 83.6 cm³/mol. The minimum absolute atomic E-state index is 0.0554. The van der Waals surface area contributed by atoms with Gasteiger partial charge in [-0.1, -0.05) is 12.1 Å². The zero-order valence-corrected chi connectivity index (χ0v) is 13.4. The molecule has 7 heteroatoms. The monoisotopic (exact) mass is 336 g/mol. The van der Waals surface area contributed by atoms with E-state index in [1.54, 1.807) is 17.0 Å². The van der Waals surface area contributed by atoms with Crippen molar-refractivity contribution < 1.29 is 23.5 Å². The fourth-order valence-electron chi connectivity index (χ4n) is 3.51. The highest BCUT2D eigenvalue weighted by molar-refractivity contribution is 5.84. The van der Waals surface area contributed by atoms with Crippen LogP contribution < -0.4 is 10.5 Å². The maximum Gasteiger partial charge on any atom is 0.226 e. The van der Waals surface area contributed by atoms with Crippen LogP contribution in [0.1, 0.15) is 12.8 Å². The van der Waals surface area contributed by atoms with Crippen LogP contribution >= 0.6 is 0 Å². The van der Waals surface area contributed by atoms with E-state index >= 15 is 0 Å². The molecule has 2 saturated heterocycles. The third kappa shape index (κ3) is 3.08. The van der Waals surface area contributed by atoms with Crippen LogP contribution in [0.3, 0.4) is 0 Å². The second kappa shape index (κ2) is 6.76. The van der Waals surface area contributed by atoms with Gasteiger partial charge in [0.15, 0.2) is 11.6 Å². The lowest BCUT2D eigenvalue weighted by atomic mass is 9.74. The molecule has 0 spiro atoms. The smallest absolute Gasteiger partial charge is 0.226 e. The molecule has 6 nitrogen and oxygen atoms in total. The molecule has 2 aliphatic heterocycles. The summed E-state index contributed by atoms with van der Waals surface area (Å²) >= 11 is 0. The Hall–Kier alpha value is -2.15. The number of hydrogen-bond acceptors (Lipinski definition) is 4. The lowest BCUT2D eigenvalue weighted by Gasteiger charge is -2.34. The molecule has 2 fully saturated rings. The Morgan fingerprint density at radius 3 is 2.92 bits per heavy atom. The van der Waals surface area contributed by atoms with Crippen LogP contribution in [-0.2, 0) is 14.3 Å². The number of nitrogens with two attached hydrogens (primary N) is 1. The van der Waals surface area contributed by atoms with Crippen molar-refractivity contribution in [3.63, 3.8) is 0 Å². The Balaban J connectivity index is 1.56. The fourth-order valence-corrected chi connectivity index (χ4v) is 3.51. The number of likely N-dealkylation sites (tertiary alicyclic amines) is 1. The van der Waals surface area contributed by atoms with Gasteiger partial charge in [0.1, 0.15) is 0 Å². The Morgan fingerprint density at radius 1 is 1.42 bits per heavy atom. The van der Waals surface area contributed by atoms with E-state index in [1.165, 1.54) is 12.1 Å². The zero-order valence-electron chi connectivity index (χ0n) is 13.4. The summed E-state index contributed by atoms with van der Waals surface area (Å²) in [5, 5.41) is 0. The Bertz CT molecular complexity index is 639. The molecule has 0 bridgehead atoms. The molecule has 24 heavy (non-hydrogen) atoms. The summed E-state index contributed by atoms with van der Waals surface area (Å²) < 4.78 is 24.2. The first-order valence-corrected chi connectivity index (χ1v) is 8.06. The summed E-state index contributed by atoms with van der Waals surface area (Å²) in [5.41, 5.74) is 4.92. The first-order chi connectivity index (χ1) is 11.5. The van der Waals surface area contributed by atoms with E-state index < -0.39 is 11.2 Å².